The van der Waals surface area contributed by atoms with Crippen molar-refractivity contribution in [2.24, 2.45) is 0 Å². The number of carbonyl (C=O) groups is 3. The maximum Gasteiger partial charge on any atom is 0.322 e. The van der Waals surface area contributed by atoms with Gasteiger partial charge in [-0.15, -0.1) is 0 Å². The van der Waals surface area contributed by atoms with Gasteiger partial charge in [0.2, 0.25) is 5.91 Å². The van der Waals surface area contributed by atoms with Crippen LogP contribution in [0.4, 0.5) is 10.5 Å². The summed E-state index contributed by atoms with van der Waals surface area (Å²) in [5.41, 5.74) is 2.32. The summed E-state index contributed by atoms with van der Waals surface area (Å²) >= 11 is 12.4. The first kappa shape index (κ1) is 23.9. The van der Waals surface area contributed by atoms with E-state index in [4.69, 9.17) is 27.9 Å². The van der Waals surface area contributed by atoms with E-state index in [0.717, 1.165) is 0 Å². The summed E-state index contributed by atoms with van der Waals surface area (Å²) in [6, 6.07) is 11.0. The maximum absolute atomic E-state index is 13.4. The maximum atomic E-state index is 13.4. The number of halogens is 2. The SMILES string of the molecule is CCN1C(=O)NC(c2ccc(Cl)cc2Cl)C2=C1CN(CCC(=O)Nc1ccc(OC)cc1)C2=O. The minimum atomic E-state index is -0.694. The van der Waals surface area contributed by atoms with E-state index in [1.54, 1.807) is 59.4 Å². The molecule has 0 saturated carbocycles. The van der Waals surface area contributed by atoms with Crippen molar-refractivity contribution in [2.45, 2.75) is 19.4 Å². The summed E-state index contributed by atoms with van der Waals surface area (Å²) in [7, 11) is 1.57. The molecule has 0 spiro atoms. The predicted octanol–water partition coefficient (Wildman–Crippen LogP) is 4.21. The molecule has 0 aromatic heterocycles. The summed E-state index contributed by atoms with van der Waals surface area (Å²) in [5.74, 6) is 0.236. The number of carbonyl (C=O) groups excluding carboxylic acids is 3. The van der Waals surface area contributed by atoms with E-state index in [9.17, 15) is 14.4 Å². The summed E-state index contributed by atoms with van der Waals surface area (Å²) in [6.45, 7) is 2.70. The molecule has 10 heteroatoms. The molecule has 2 aliphatic rings. The number of nitrogens with one attached hydrogen (secondary N) is 2. The van der Waals surface area contributed by atoms with Crippen LogP contribution in [0.15, 0.2) is 53.7 Å². The van der Waals surface area contributed by atoms with Gasteiger partial charge < -0.3 is 20.3 Å². The third-order valence-electron chi connectivity index (χ3n) is 5.87. The molecule has 178 valence electrons. The highest BCUT2D eigenvalue weighted by molar-refractivity contribution is 6.35. The number of hydrogen-bond acceptors (Lipinski definition) is 4. The molecule has 0 aliphatic carbocycles. The summed E-state index contributed by atoms with van der Waals surface area (Å²) < 4.78 is 5.12. The third kappa shape index (κ3) is 4.69. The molecule has 1 unspecified atom stereocenters. The average molecular weight is 503 g/mol. The van der Waals surface area contributed by atoms with E-state index < -0.39 is 6.04 Å². The van der Waals surface area contributed by atoms with Crippen LogP contribution in [0, 0.1) is 0 Å². The normalized spacial score (nSPS) is 17.6. The van der Waals surface area contributed by atoms with Crippen molar-refractivity contribution in [3.63, 3.8) is 0 Å². The lowest BCUT2D eigenvalue weighted by molar-refractivity contribution is -0.126. The summed E-state index contributed by atoms with van der Waals surface area (Å²) in [5, 5.41) is 6.53. The fourth-order valence-corrected chi connectivity index (χ4v) is 4.68. The minimum Gasteiger partial charge on any atom is -0.497 e. The van der Waals surface area contributed by atoms with Gasteiger partial charge in [0.05, 0.1) is 31.0 Å². The molecule has 4 amide bonds. The summed E-state index contributed by atoms with van der Waals surface area (Å²) in [6.07, 6.45) is 0.109. The number of benzene rings is 2. The molecular weight excluding hydrogens is 479 g/mol. The number of nitrogens with zero attached hydrogens (tertiary/aromatic N) is 2. The van der Waals surface area contributed by atoms with Gasteiger partial charge >= 0.3 is 6.03 Å². The quantitative estimate of drug-likeness (QED) is 0.592. The first-order valence-corrected chi connectivity index (χ1v) is 11.6. The Bertz CT molecular complexity index is 1170. The Hall–Kier alpha value is -3.23. The Labute approximate surface area is 207 Å². The number of likely N-dealkylation sites (N-methyl/N-ethyl adjacent to an activating group) is 1. The molecule has 1 atom stereocenters. The second-order valence-corrected chi connectivity index (χ2v) is 8.75. The van der Waals surface area contributed by atoms with E-state index in [1.165, 1.54) is 0 Å². The molecule has 2 aliphatic heterocycles. The highest BCUT2D eigenvalue weighted by Crippen LogP contribution is 2.39. The zero-order valence-corrected chi connectivity index (χ0v) is 20.2. The van der Waals surface area contributed by atoms with Crippen LogP contribution in [-0.4, -0.2) is 54.4 Å². The number of hydrogen-bond donors (Lipinski definition) is 2. The average Bonchev–Trinajstić information content (AvgIpc) is 3.14. The standard InChI is InChI=1S/C24H24Cl2N4O4/c1-3-30-19-13-29(11-10-20(31)27-15-5-7-16(34-2)8-6-15)23(32)21(19)22(28-24(30)33)17-9-4-14(25)12-18(17)26/h4-9,12,22H,3,10-11,13H2,1-2H3,(H,27,31)(H,28,33). The molecule has 2 heterocycles. The Morgan fingerprint density at radius 3 is 2.56 bits per heavy atom. The fraction of sp³-hybridized carbons (Fsp3) is 0.292. The Morgan fingerprint density at radius 2 is 1.91 bits per heavy atom. The molecule has 0 radical (unpaired) electrons. The van der Waals surface area contributed by atoms with Crippen LogP contribution in [-0.2, 0) is 9.59 Å². The van der Waals surface area contributed by atoms with Crippen molar-refractivity contribution in [1.82, 2.24) is 15.1 Å². The van der Waals surface area contributed by atoms with E-state index in [1.807, 2.05) is 6.92 Å². The number of ether oxygens (including phenoxy) is 1. The van der Waals surface area contributed by atoms with Gasteiger partial charge in [0.25, 0.3) is 5.91 Å². The molecule has 8 nitrogen and oxygen atoms in total. The van der Waals surface area contributed by atoms with Gasteiger partial charge in [-0.1, -0.05) is 29.3 Å². The van der Waals surface area contributed by atoms with Crippen LogP contribution in [0.3, 0.4) is 0 Å². The second-order valence-electron chi connectivity index (χ2n) is 7.91. The number of urea groups is 1. The van der Waals surface area contributed by atoms with Gasteiger partial charge in [0, 0.05) is 35.2 Å². The van der Waals surface area contributed by atoms with Gasteiger partial charge in [-0.05, 0) is 48.9 Å². The number of anilines is 1. The van der Waals surface area contributed by atoms with Crippen molar-refractivity contribution < 1.29 is 19.1 Å². The van der Waals surface area contributed by atoms with Crippen molar-refractivity contribution in [3.8, 4) is 5.75 Å². The predicted molar refractivity (Wildman–Crippen MR) is 130 cm³/mol. The van der Waals surface area contributed by atoms with Crippen LogP contribution in [0.1, 0.15) is 24.9 Å². The lowest BCUT2D eigenvalue weighted by atomic mass is 9.95. The molecule has 2 N–H and O–H groups in total. The first-order chi connectivity index (χ1) is 16.3. The van der Waals surface area contributed by atoms with Crippen LogP contribution in [0.25, 0.3) is 0 Å². The van der Waals surface area contributed by atoms with E-state index >= 15 is 0 Å². The molecule has 4 rings (SSSR count). The van der Waals surface area contributed by atoms with Crippen molar-refractivity contribution >= 4 is 46.7 Å². The van der Waals surface area contributed by atoms with E-state index in [0.29, 0.717) is 44.9 Å². The minimum absolute atomic E-state index is 0.109. The lowest BCUT2D eigenvalue weighted by Gasteiger charge is -2.33. The molecular formula is C24H24Cl2N4O4. The van der Waals surface area contributed by atoms with Gasteiger partial charge in [-0.2, -0.15) is 0 Å². The Morgan fingerprint density at radius 1 is 1.18 bits per heavy atom. The van der Waals surface area contributed by atoms with Crippen LogP contribution in [0.5, 0.6) is 5.75 Å². The number of methoxy groups -OCH3 is 1. The van der Waals surface area contributed by atoms with Crippen LogP contribution < -0.4 is 15.4 Å². The highest BCUT2D eigenvalue weighted by atomic mass is 35.5. The molecule has 0 fully saturated rings. The molecule has 0 saturated heterocycles. The fourth-order valence-electron chi connectivity index (χ4n) is 4.17. The zero-order chi connectivity index (χ0) is 24.4. The van der Waals surface area contributed by atoms with Gasteiger partial charge in [0.15, 0.2) is 0 Å². The highest BCUT2D eigenvalue weighted by Gasteiger charge is 2.44. The van der Waals surface area contributed by atoms with Gasteiger partial charge in [-0.3, -0.25) is 14.5 Å². The van der Waals surface area contributed by atoms with Gasteiger partial charge in [-0.25, -0.2) is 4.79 Å². The van der Waals surface area contributed by atoms with E-state index in [2.05, 4.69) is 10.6 Å². The van der Waals surface area contributed by atoms with E-state index in [-0.39, 0.29) is 37.4 Å². The number of rotatable bonds is 7. The Balaban J connectivity index is 1.49. The second kappa shape index (κ2) is 9.95. The monoisotopic (exact) mass is 502 g/mol. The Kier molecular flexibility index (Phi) is 7.00. The molecule has 2 aromatic carbocycles. The first-order valence-electron chi connectivity index (χ1n) is 10.8. The van der Waals surface area contributed by atoms with Crippen LogP contribution in [0.2, 0.25) is 10.0 Å². The van der Waals surface area contributed by atoms with Crippen molar-refractivity contribution in [2.75, 3.05) is 32.1 Å². The van der Waals surface area contributed by atoms with Crippen LogP contribution >= 0.6 is 23.2 Å². The van der Waals surface area contributed by atoms with Crippen molar-refractivity contribution in [1.29, 1.82) is 0 Å². The molecule has 34 heavy (non-hydrogen) atoms. The third-order valence-corrected chi connectivity index (χ3v) is 6.43. The van der Waals surface area contributed by atoms with Crippen molar-refractivity contribution in [3.05, 3.63) is 69.3 Å². The zero-order valence-electron chi connectivity index (χ0n) is 18.7. The largest absolute Gasteiger partial charge is 0.497 e. The summed E-state index contributed by atoms with van der Waals surface area (Å²) in [4.78, 5) is 41.8. The lowest BCUT2D eigenvalue weighted by Crippen LogP contribution is -2.47. The topological polar surface area (TPSA) is 91.0 Å². The molecule has 2 aromatic rings. The number of amides is 4. The molecule has 0 bridgehead atoms. The smallest absolute Gasteiger partial charge is 0.322 e. The van der Waals surface area contributed by atoms with Gasteiger partial charge in [0.1, 0.15) is 5.75 Å².